The molecule has 144 valence electrons. The van der Waals surface area contributed by atoms with Crippen molar-refractivity contribution in [3.05, 3.63) is 29.2 Å². The summed E-state index contributed by atoms with van der Waals surface area (Å²) in [4.78, 5) is 24.8. The average Bonchev–Trinajstić information content (AvgIpc) is 3.25. The smallest absolute Gasteiger partial charge is 0.321 e. The number of aromatic nitrogens is 2. The number of likely N-dealkylation sites (N-methyl/N-ethyl adjacent to an activating group) is 1. The van der Waals surface area contributed by atoms with Gasteiger partial charge in [-0.3, -0.25) is 15.0 Å². The molecule has 0 unspecified atom stereocenters. The lowest BCUT2D eigenvalue weighted by molar-refractivity contribution is -0.139. The Bertz CT molecular complexity index is 798. The van der Waals surface area contributed by atoms with Crippen molar-refractivity contribution in [3.63, 3.8) is 0 Å². The van der Waals surface area contributed by atoms with Gasteiger partial charge in [0.25, 0.3) is 0 Å². The van der Waals surface area contributed by atoms with E-state index < -0.39 is 5.97 Å². The van der Waals surface area contributed by atoms with Gasteiger partial charge in [0, 0.05) is 12.1 Å². The maximum absolute atomic E-state index is 12.1. The first-order valence-electron chi connectivity index (χ1n) is 8.62. The number of carboxylic acids is 1. The Labute approximate surface area is 160 Å². The Hall–Kier alpha value is -2.72. The Morgan fingerprint density at radius 3 is 2.89 bits per heavy atom. The van der Waals surface area contributed by atoms with Crippen molar-refractivity contribution in [1.29, 1.82) is 0 Å². The van der Waals surface area contributed by atoms with Gasteiger partial charge in [0.2, 0.25) is 5.13 Å². The Balaban J connectivity index is 1.42. The SMILES string of the molecule is CCN(CC(=O)O)C1CC(NC(=O)Nc2nnc(/C=C/c3ccco3)s2)C1. The number of carbonyl (C=O) groups is 2. The summed E-state index contributed by atoms with van der Waals surface area (Å²) in [5, 5.41) is 23.4. The van der Waals surface area contributed by atoms with E-state index >= 15 is 0 Å². The van der Waals surface area contributed by atoms with Crippen LogP contribution in [0.25, 0.3) is 12.2 Å². The second kappa shape index (κ2) is 8.78. The van der Waals surface area contributed by atoms with Gasteiger partial charge in [0.05, 0.1) is 12.8 Å². The summed E-state index contributed by atoms with van der Waals surface area (Å²) in [6.45, 7) is 2.64. The van der Waals surface area contributed by atoms with E-state index in [0.717, 1.165) is 12.8 Å². The Kier molecular flexibility index (Phi) is 6.20. The van der Waals surface area contributed by atoms with Crippen molar-refractivity contribution in [2.75, 3.05) is 18.4 Å². The fourth-order valence-corrected chi connectivity index (χ4v) is 3.53. The maximum Gasteiger partial charge on any atom is 0.321 e. The molecule has 0 spiro atoms. The molecule has 2 aromatic rings. The number of nitrogens with zero attached hydrogens (tertiary/aromatic N) is 3. The van der Waals surface area contributed by atoms with Crippen LogP contribution in [0.4, 0.5) is 9.93 Å². The van der Waals surface area contributed by atoms with E-state index in [1.54, 1.807) is 24.5 Å². The van der Waals surface area contributed by atoms with Crippen LogP contribution in [-0.4, -0.2) is 57.4 Å². The molecule has 3 N–H and O–H groups in total. The molecule has 2 aromatic heterocycles. The summed E-state index contributed by atoms with van der Waals surface area (Å²) in [7, 11) is 0. The van der Waals surface area contributed by atoms with E-state index in [2.05, 4.69) is 20.8 Å². The zero-order valence-electron chi connectivity index (χ0n) is 14.8. The van der Waals surface area contributed by atoms with E-state index in [-0.39, 0.29) is 24.7 Å². The fourth-order valence-electron chi connectivity index (χ4n) is 2.89. The number of urea groups is 1. The van der Waals surface area contributed by atoms with Gasteiger partial charge >= 0.3 is 12.0 Å². The van der Waals surface area contributed by atoms with Gasteiger partial charge in [-0.15, -0.1) is 10.2 Å². The zero-order valence-corrected chi connectivity index (χ0v) is 15.6. The third-order valence-corrected chi connectivity index (χ3v) is 5.11. The number of carbonyl (C=O) groups excluding carboxylic acids is 1. The quantitative estimate of drug-likeness (QED) is 0.632. The minimum absolute atomic E-state index is 0.0270. The summed E-state index contributed by atoms with van der Waals surface area (Å²) >= 11 is 1.26. The van der Waals surface area contributed by atoms with E-state index in [9.17, 15) is 9.59 Å². The lowest BCUT2D eigenvalue weighted by Gasteiger charge is -2.42. The fraction of sp³-hybridized carbons (Fsp3) is 0.412. The molecule has 0 bridgehead atoms. The first-order chi connectivity index (χ1) is 13.0. The van der Waals surface area contributed by atoms with Gasteiger partial charge < -0.3 is 14.8 Å². The molecule has 1 saturated carbocycles. The second-order valence-corrected chi connectivity index (χ2v) is 7.18. The molecular formula is C17H21N5O4S. The summed E-state index contributed by atoms with van der Waals surface area (Å²) in [5.74, 6) is -0.125. The van der Waals surface area contributed by atoms with Crippen LogP contribution in [0.2, 0.25) is 0 Å². The monoisotopic (exact) mass is 391 g/mol. The molecule has 9 nitrogen and oxygen atoms in total. The highest BCUT2D eigenvalue weighted by Crippen LogP contribution is 2.26. The van der Waals surface area contributed by atoms with Crippen LogP contribution in [-0.2, 0) is 4.79 Å². The van der Waals surface area contributed by atoms with Crippen molar-refractivity contribution in [1.82, 2.24) is 20.4 Å². The number of hydrogen-bond donors (Lipinski definition) is 3. The van der Waals surface area contributed by atoms with Crippen molar-refractivity contribution < 1.29 is 19.1 Å². The Morgan fingerprint density at radius 2 is 2.22 bits per heavy atom. The molecule has 2 heterocycles. The molecule has 2 amide bonds. The predicted molar refractivity (Wildman–Crippen MR) is 101 cm³/mol. The summed E-state index contributed by atoms with van der Waals surface area (Å²) < 4.78 is 5.20. The average molecular weight is 391 g/mol. The van der Waals surface area contributed by atoms with E-state index in [1.165, 1.54) is 11.3 Å². The molecule has 0 aromatic carbocycles. The Morgan fingerprint density at radius 1 is 1.41 bits per heavy atom. The number of aliphatic carboxylic acids is 1. The van der Waals surface area contributed by atoms with E-state index in [0.29, 0.717) is 22.4 Å². The van der Waals surface area contributed by atoms with Crippen LogP contribution in [0, 0.1) is 0 Å². The number of amides is 2. The molecule has 3 rings (SSSR count). The third-order valence-electron chi connectivity index (χ3n) is 4.30. The molecule has 0 radical (unpaired) electrons. The van der Waals surface area contributed by atoms with Gasteiger partial charge in [-0.1, -0.05) is 18.3 Å². The van der Waals surface area contributed by atoms with Gasteiger partial charge in [-0.25, -0.2) is 4.79 Å². The number of nitrogens with one attached hydrogen (secondary N) is 2. The van der Waals surface area contributed by atoms with Crippen molar-refractivity contribution in [2.24, 2.45) is 0 Å². The minimum Gasteiger partial charge on any atom is -0.480 e. The van der Waals surface area contributed by atoms with Crippen molar-refractivity contribution in [2.45, 2.75) is 31.8 Å². The molecule has 1 aliphatic carbocycles. The van der Waals surface area contributed by atoms with Crippen LogP contribution in [0.1, 0.15) is 30.5 Å². The molecule has 0 atom stereocenters. The number of rotatable bonds is 8. The van der Waals surface area contributed by atoms with E-state index in [4.69, 9.17) is 9.52 Å². The molecular weight excluding hydrogens is 370 g/mol. The van der Waals surface area contributed by atoms with Crippen LogP contribution in [0.5, 0.6) is 0 Å². The van der Waals surface area contributed by atoms with Crippen LogP contribution >= 0.6 is 11.3 Å². The van der Waals surface area contributed by atoms with Gasteiger partial charge in [0.15, 0.2) is 0 Å². The highest BCUT2D eigenvalue weighted by atomic mass is 32.1. The highest BCUT2D eigenvalue weighted by molar-refractivity contribution is 7.16. The molecule has 27 heavy (non-hydrogen) atoms. The first-order valence-corrected chi connectivity index (χ1v) is 9.43. The summed E-state index contributed by atoms with van der Waals surface area (Å²) in [5.41, 5.74) is 0. The molecule has 10 heteroatoms. The van der Waals surface area contributed by atoms with Crippen LogP contribution in [0.3, 0.4) is 0 Å². The van der Waals surface area contributed by atoms with Gasteiger partial charge in [-0.05, 0) is 43.7 Å². The molecule has 0 aliphatic heterocycles. The topological polar surface area (TPSA) is 121 Å². The standard InChI is InChI=1S/C17H21N5O4S/c1-2-22(10-15(23)24)12-8-11(9-12)18-16(25)19-17-21-20-14(27-17)6-5-13-4-3-7-26-13/h3-7,11-12H,2,8-10H2,1H3,(H,23,24)(H2,18,19,21,25)/b6-5+. The largest absolute Gasteiger partial charge is 0.480 e. The zero-order chi connectivity index (χ0) is 19.2. The second-order valence-electron chi connectivity index (χ2n) is 6.17. The third kappa shape index (κ3) is 5.38. The molecule has 0 saturated heterocycles. The lowest BCUT2D eigenvalue weighted by Crippen LogP contribution is -2.55. The minimum atomic E-state index is -0.834. The molecule has 1 aliphatic rings. The number of furan rings is 1. The van der Waals surface area contributed by atoms with Gasteiger partial charge in [-0.2, -0.15) is 0 Å². The lowest BCUT2D eigenvalue weighted by atomic mass is 9.85. The summed E-state index contributed by atoms with van der Waals surface area (Å²) in [6, 6.07) is 3.51. The summed E-state index contributed by atoms with van der Waals surface area (Å²) in [6.07, 6.45) is 6.60. The number of carboxylic acid groups (broad SMARTS) is 1. The maximum atomic E-state index is 12.1. The number of hydrogen-bond acceptors (Lipinski definition) is 7. The van der Waals surface area contributed by atoms with Crippen molar-refractivity contribution in [3.8, 4) is 0 Å². The van der Waals surface area contributed by atoms with Crippen LogP contribution < -0.4 is 10.6 Å². The first kappa shape index (κ1) is 19.1. The van der Waals surface area contributed by atoms with Crippen molar-refractivity contribution >= 4 is 40.6 Å². The highest BCUT2D eigenvalue weighted by Gasteiger charge is 2.34. The molecule has 1 fully saturated rings. The van der Waals surface area contributed by atoms with Gasteiger partial charge in [0.1, 0.15) is 10.8 Å². The van der Waals surface area contributed by atoms with E-state index in [1.807, 2.05) is 17.9 Å². The van der Waals surface area contributed by atoms with Crippen LogP contribution in [0.15, 0.2) is 22.8 Å². The number of anilines is 1. The predicted octanol–water partition coefficient (Wildman–Crippen LogP) is 2.36. The normalized spacial score (nSPS) is 19.2.